The first kappa shape index (κ1) is 24.4. The summed E-state index contributed by atoms with van der Waals surface area (Å²) >= 11 is 0. The van der Waals surface area contributed by atoms with E-state index in [0.29, 0.717) is 0 Å². The first-order valence-corrected chi connectivity index (χ1v) is 13.1. The molecule has 0 amide bonds. The topological polar surface area (TPSA) is 52.6 Å². The minimum Gasteiger partial charge on any atom is -0.326 e. The molecule has 0 radical (unpaired) electrons. The average Bonchev–Trinajstić information content (AvgIpc) is 2.61. The molecule has 4 nitrogen and oxygen atoms in total. The molecule has 0 aliphatic rings. The van der Waals surface area contributed by atoms with Crippen molar-refractivity contribution in [3.8, 4) is 0 Å². The van der Waals surface area contributed by atoms with Crippen molar-refractivity contribution in [1.82, 2.24) is 0 Å². The van der Waals surface area contributed by atoms with Gasteiger partial charge < -0.3 is 9.05 Å². The van der Waals surface area contributed by atoms with Gasteiger partial charge in [-0.15, -0.1) is 0 Å². The first-order chi connectivity index (χ1) is 11.1. The molecule has 4 atom stereocenters. The van der Waals surface area contributed by atoms with Crippen LogP contribution in [-0.4, -0.2) is 35.8 Å². The van der Waals surface area contributed by atoms with Gasteiger partial charge in [0.25, 0.3) is 0 Å². The molecule has 0 spiro atoms. The molecule has 0 aromatic carbocycles. The summed E-state index contributed by atoms with van der Waals surface area (Å²) < 4.78 is 38.2. The summed E-state index contributed by atoms with van der Waals surface area (Å²) in [6.07, 6.45) is 3.34. The van der Waals surface area contributed by atoms with Crippen LogP contribution in [0.25, 0.3) is 0 Å². The number of hydrogen-bond donors (Lipinski definition) is 0. The molecule has 0 saturated carbocycles. The van der Waals surface area contributed by atoms with E-state index in [1.54, 1.807) is 0 Å². The highest BCUT2D eigenvalue weighted by atomic mass is 31.2. The van der Waals surface area contributed by atoms with Crippen LogP contribution in [0.4, 0.5) is 0 Å². The van der Waals surface area contributed by atoms with Crippen molar-refractivity contribution in [1.29, 1.82) is 0 Å². The van der Waals surface area contributed by atoms with Crippen molar-refractivity contribution in [3.63, 3.8) is 0 Å². The lowest BCUT2D eigenvalue weighted by Gasteiger charge is -2.31. The normalized spacial score (nSPS) is 22.2. The van der Waals surface area contributed by atoms with Crippen LogP contribution in [0.15, 0.2) is 0 Å². The summed E-state index contributed by atoms with van der Waals surface area (Å²) in [5, 5.41) is 0. The molecule has 4 unspecified atom stereocenters. The first-order valence-electron chi connectivity index (χ1n) is 9.61. The van der Waals surface area contributed by atoms with Gasteiger partial charge in [0.1, 0.15) is 0 Å². The van der Waals surface area contributed by atoms with E-state index in [4.69, 9.17) is 9.05 Å². The summed E-state index contributed by atoms with van der Waals surface area (Å²) in [7, 11) is -5.43. The van der Waals surface area contributed by atoms with Crippen LogP contribution in [0.5, 0.6) is 0 Å². The fourth-order valence-corrected chi connectivity index (χ4v) is 8.27. The van der Waals surface area contributed by atoms with Crippen LogP contribution < -0.4 is 0 Å². The van der Waals surface area contributed by atoms with Crippen molar-refractivity contribution < 1.29 is 18.2 Å². The largest absolute Gasteiger partial charge is 0.326 e. The second-order valence-electron chi connectivity index (χ2n) is 6.99. The third kappa shape index (κ3) is 5.97. The van der Waals surface area contributed by atoms with Gasteiger partial charge in [-0.05, 0) is 25.7 Å². The third-order valence-corrected chi connectivity index (χ3v) is 13.0. The Balaban J connectivity index is 4.88. The van der Waals surface area contributed by atoms with Gasteiger partial charge in [0.05, 0.1) is 13.2 Å². The van der Waals surface area contributed by atoms with Gasteiger partial charge in [-0.1, -0.05) is 55.4 Å². The van der Waals surface area contributed by atoms with E-state index in [0.717, 1.165) is 25.7 Å². The van der Waals surface area contributed by atoms with Gasteiger partial charge in [0, 0.05) is 22.6 Å². The van der Waals surface area contributed by atoms with Crippen molar-refractivity contribution in [2.75, 3.05) is 13.2 Å². The number of hydrogen-bond acceptors (Lipinski definition) is 4. The molecule has 0 heterocycles. The molecule has 0 bridgehead atoms. The molecule has 0 aromatic rings. The van der Waals surface area contributed by atoms with Crippen LogP contribution in [0, 0.1) is 0 Å². The lowest BCUT2D eigenvalue weighted by Crippen LogP contribution is -2.19. The van der Waals surface area contributed by atoms with E-state index in [-0.39, 0.29) is 35.8 Å². The molecule has 0 aliphatic carbocycles. The third-order valence-electron chi connectivity index (χ3n) is 5.49. The molecule has 6 heteroatoms. The van der Waals surface area contributed by atoms with Crippen molar-refractivity contribution >= 4 is 14.7 Å². The Morgan fingerprint density at radius 2 is 0.792 bits per heavy atom. The summed E-state index contributed by atoms with van der Waals surface area (Å²) in [5.74, 6) is 0. The molecule has 0 aliphatic heterocycles. The Hall–Kier alpha value is 0.380. The Bertz CT molecular complexity index is 371. The Kier molecular flexibility index (Phi) is 11.3. The summed E-state index contributed by atoms with van der Waals surface area (Å²) in [6.45, 7) is 16.7. The Morgan fingerprint density at radius 1 is 0.583 bits per heavy atom. The zero-order chi connectivity index (χ0) is 19.0. The monoisotopic (exact) mass is 382 g/mol. The van der Waals surface area contributed by atoms with E-state index >= 15 is 0 Å². The Labute approximate surface area is 150 Å². The van der Waals surface area contributed by atoms with Crippen LogP contribution in [0.2, 0.25) is 0 Å². The summed E-state index contributed by atoms with van der Waals surface area (Å²) in [5.41, 5.74) is 0.179. The molecular weight excluding hydrogens is 342 g/mol. The summed E-state index contributed by atoms with van der Waals surface area (Å²) in [6, 6.07) is 0. The quantitative estimate of drug-likeness (QED) is 0.260. The number of rotatable bonds is 13. The highest BCUT2D eigenvalue weighted by Crippen LogP contribution is 2.60. The standard InChI is InChI=1S/C18H40O4P2/c1-9-15(5)23(19,16(6)10-2)21-13-14-22-24(20,17(7)11-3)18(8)12-4/h15-18H,9-14H2,1-8H3. The van der Waals surface area contributed by atoms with E-state index < -0.39 is 14.7 Å². The van der Waals surface area contributed by atoms with Gasteiger partial charge in [-0.2, -0.15) is 0 Å². The molecular formula is C18H40O4P2. The maximum atomic E-state index is 13.2. The molecule has 0 N–H and O–H groups in total. The van der Waals surface area contributed by atoms with Crippen molar-refractivity contribution in [2.45, 2.75) is 104 Å². The zero-order valence-corrected chi connectivity index (χ0v) is 18.9. The minimum atomic E-state index is -2.71. The second-order valence-corrected chi connectivity index (χ2v) is 13.6. The van der Waals surface area contributed by atoms with Crippen LogP contribution in [0.1, 0.15) is 81.1 Å². The molecule has 24 heavy (non-hydrogen) atoms. The Morgan fingerprint density at radius 3 is 0.958 bits per heavy atom. The predicted molar refractivity (Wildman–Crippen MR) is 106 cm³/mol. The highest BCUT2D eigenvalue weighted by molar-refractivity contribution is 7.60. The molecule has 0 fully saturated rings. The maximum Gasteiger partial charge on any atom is 0.208 e. The SMILES string of the molecule is CCC(C)P(=O)(OCCOP(=O)(C(C)CC)C(C)CC)C(C)CC. The van der Waals surface area contributed by atoms with E-state index in [1.807, 2.05) is 55.4 Å². The van der Waals surface area contributed by atoms with Crippen molar-refractivity contribution in [2.24, 2.45) is 0 Å². The lowest BCUT2D eigenvalue weighted by molar-refractivity contribution is 0.209. The molecule has 146 valence electrons. The fraction of sp³-hybridized carbons (Fsp3) is 1.00. The molecule has 0 aromatic heterocycles. The molecule has 0 saturated heterocycles. The average molecular weight is 382 g/mol. The zero-order valence-electron chi connectivity index (χ0n) is 17.1. The van der Waals surface area contributed by atoms with E-state index in [9.17, 15) is 9.13 Å². The van der Waals surface area contributed by atoms with E-state index in [1.165, 1.54) is 0 Å². The second kappa shape index (κ2) is 11.2. The smallest absolute Gasteiger partial charge is 0.208 e. The highest BCUT2D eigenvalue weighted by Gasteiger charge is 2.37. The minimum absolute atomic E-state index is 0.0448. The van der Waals surface area contributed by atoms with Gasteiger partial charge in [0.2, 0.25) is 14.7 Å². The van der Waals surface area contributed by atoms with Crippen LogP contribution in [0.3, 0.4) is 0 Å². The van der Waals surface area contributed by atoms with Crippen molar-refractivity contribution in [3.05, 3.63) is 0 Å². The molecule has 0 rings (SSSR count). The van der Waals surface area contributed by atoms with Gasteiger partial charge in [0.15, 0.2) is 0 Å². The van der Waals surface area contributed by atoms with Gasteiger partial charge >= 0.3 is 0 Å². The lowest BCUT2D eigenvalue weighted by atomic mass is 10.4. The van der Waals surface area contributed by atoms with Crippen LogP contribution >= 0.6 is 14.7 Å². The van der Waals surface area contributed by atoms with Crippen LogP contribution in [-0.2, 0) is 18.2 Å². The predicted octanol–water partition coefficient (Wildman–Crippen LogP) is 6.77. The fourth-order valence-electron chi connectivity index (χ4n) is 2.76. The van der Waals surface area contributed by atoms with Gasteiger partial charge in [-0.25, -0.2) is 0 Å². The summed E-state index contributed by atoms with van der Waals surface area (Å²) in [4.78, 5) is 0. The van der Waals surface area contributed by atoms with Gasteiger partial charge in [-0.3, -0.25) is 9.13 Å². The van der Waals surface area contributed by atoms with E-state index in [2.05, 4.69) is 0 Å². The maximum absolute atomic E-state index is 13.2.